The van der Waals surface area contributed by atoms with Crippen LogP contribution in [0, 0.1) is 0 Å². The second-order valence-corrected chi connectivity index (χ2v) is 3.72. The van der Waals surface area contributed by atoms with Crippen molar-refractivity contribution in [2.75, 3.05) is 0 Å². The molecule has 2 aromatic rings. The molecule has 2 aromatic heterocycles. The number of allylic oxidation sites excluding steroid dienone is 1. The molecule has 0 fully saturated rings. The Morgan fingerprint density at radius 2 is 2.29 bits per heavy atom. The van der Waals surface area contributed by atoms with Crippen LogP contribution in [0.2, 0.25) is 0 Å². The van der Waals surface area contributed by atoms with Crippen LogP contribution in [-0.4, -0.2) is 20.5 Å². The zero-order valence-electron chi connectivity index (χ0n) is 9.79. The quantitative estimate of drug-likeness (QED) is 0.812. The minimum atomic E-state index is -0.184. The van der Waals surface area contributed by atoms with Gasteiger partial charge in [-0.1, -0.05) is 12.1 Å². The van der Waals surface area contributed by atoms with E-state index in [0.717, 1.165) is 11.5 Å². The van der Waals surface area contributed by atoms with Gasteiger partial charge in [-0.3, -0.25) is 9.20 Å². The van der Waals surface area contributed by atoms with Gasteiger partial charge in [0.2, 0.25) is 5.91 Å². The maximum Gasteiger partial charge on any atom is 0.244 e. The molecule has 0 aliphatic carbocycles. The molecule has 2 heterocycles. The van der Waals surface area contributed by atoms with Crippen LogP contribution >= 0.6 is 0 Å². The Labute approximate surface area is 99.2 Å². The molecule has 1 amide bonds. The fourth-order valence-corrected chi connectivity index (χ4v) is 1.63. The van der Waals surface area contributed by atoms with Gasteiger partial charge in [0.05, 0.1) is 6.04 Å². The van der Waals surface area contributed by atoms with E-state index in [1.165, 1.54) is 6.08 Å². The van der Waals surface area contributed by atoms with Gasteiger partial charge in [-0.05, 0) is 32.1 Å². The van der Waals surface area contributed by atoms with E-state index >= 15 is 0 Å². The van der Waals surface area contributed by atoms with Crippen LogP contribution in [0.15, 0.2) is 36.5 Å². The second-order valence-electron chi connectivity index (χ2n) is 3.72. The molecule has 1 N–H and O–H groups in total. The predicted octanol–water partition coefficient (Wildman–Crippen LogP) is 1.48. The zero-order valence-corrected chi connectivity index (χ0v) is 9.79. The summed E-state index contributed by atoms with van der Waals surface area (Å²) >= 11 is 0. The maximum atomic E-state index is 11.4. The number of carbonyl (C=O) groups excluding carboxylic acids is 1. The number of nitrogens with zero attached hydrogens (tertiary/aromatic N) is 3. The van der Waals surface area contributed by atoms with Gasteiger partial charge >= 0.3 is 0 Å². The summed E-state index contributed by atoms with van der Waals surface area (Å²) in [5.41, 5.74) is 0.773. The maximum absolute atomic E-state index is 11.4. The fourth-order valence-electron chi connectivity index (χ4n) is 1.63. The second kappa shape index (κ2) is 4.78. The monoisotopic (exact) mass is 230 g/mol. The van der Waals surface area contributed by atoms with Crippen LogP contribution in [-0.2, 0) is 4.79 Å². The van der Waals surface area contributed by atoms with Gasteiger partial charge in [-0.2, -0.15) is 0 Å². The smallest absolute Gasteiger partial charge is 0.244 e. The van der Waals surface area contributed by atoms with Gasteiger partial charge < -0.3 is 5.32 Å². The number of hydrogen-bond donors (Lipinski definition) is 1. The van der Waals surface area contributed by atoms with E-state index in [0.29, 0.717) is 0 Å². The van der Waals surface area contributed by atoms with E-state index in [4.69, 9.17) is 0 Å². The molecular formula is C12H14N4O. The van der Waals surface area contributed by atoms with Crippen LogP contribution in [0.5, 0.6) is 0 Å². The molecule has 1 atom stereocenters. The molecule has 0 spiro atoms. The Bertz CT molecular complexity index is 558. The first-order valence-corrected chi connectivity index (χ1v) is 5.45. The van der Waals surface area contributed by atoms with Crippen LogP contribution in [0.4, 0.5) is 0 Å². The Morgan fingerprint density at radius 1 is 1.47 bits per heavy atom. The molecule has 0 radical (unpaired) electrons. The SMILES string of the molecule is CC=CC(=O)NC(C)c1nnc2ccccn12. The third-order valence-corrected chi connectivity index (χ3v) is 2.40. The zero-order chi connectivity index (χ0) is 12.3. The summed E-state index contributed by atoms with van der Waals surface area (Å²) in [6.45, 7) is 3.68. The molecule has 0 aromatic carbocycles. The minimum Gasteiger partial charge on any atom is -0.343 e. The Balaban J connectivity index is 2.24. The number of rotatable bonds is 3. The molecular weight excluding hydrogens is 216 g/mol. The number of fused-ring (bicyclic) bond motifs is 1. The lowest BCUT2D eigenvalue weighted by Crippen LogP contribution is -2.26. The van der Waals surface area contributed by atoms with Gasteiger partial charge in [0, 0.05) is 6.20 Å². The van der Waals surface area contributed by atoms with Crippen molar-refractivity contribution in [3.63, 3.8) is 0 Å². The summed E-state index contributed by atoms with van der Waals surface area (Å²) in [5.74, 6) is 0.589. The number of aromatic nitrogens is 3. The highest BCUT2D eigenvalue weighted by molar-refractivity contribution is 5.87. The highest BCUT2D eigenvalue weighted by Crippen LogP contribution is 2.11. The molecule has 0 bridgehead atoms. The van der Waals surface area contributed by atoms with Crippen molar-refractivity contribution in [3.05, 3.63) is 42.4 Å². The molecule has 0 saturated heterocycles. The number of amides is 1. The first-order valence-electron chi connectivity index (χ1n) is 5.45. The topological polar surface area (TPSA) is 59.3 Å². The normalized spacial score (nSPS) is 13.1. The van der Waals surface area contributed by atoms with E-state index in [-0.39, 0.29) is 11.9 Å². The van der Waals surface area contributed by atoms with Gasteiger partial charge in [0.15, 0.2) is 11.5 Å². The molecule has 1 unspecified atom stereocenters. The number of pyridine rings is 1. The molecule has 0 aliphatic rings. The molecule has 0 aliphatic heterocycles. The number of hydrogen-bond acceptors (Lipinski definition) is 3. The predicted molar refractivity (Wildman–Crippen MR) is 64.4 cm³/mol. The van der Waals surface area contributed by atoms with Crippen molar-refractivity contribution >= 4 is 11.6 Å². The van der Waals surface area contributed by atoms with E-state index in [1.54, 1.807) is 13.0 Å². The third-order valence-electron chi connectivity index (χ3n) is 2.40. The highest BCUT2D eigenvalue weighted by atomic mass is 16.1. The Hall–Kier alpha value is -2.17. The lowest BCUT2D eigenvalue weighted by Gasteiger charge is -2.10. The summed E-state index contributed by atoms with van der Waals surface area (Å²) in [4.78, 5) is 11.4. The van der Waals surface area contributed by atoms with E-state index in [9.17, 15) is 4.79 Å². The van der Waals surface area contributed by atoms with Crippen molar-refractivity contribution in [1.29, 1.82) is 0 Å². The van der Waals surface area contributed by atoms with Gasteiger partial charge in [-0.15, -0.1) is 10.2 Å². The molecule has 88 valence electrons. The Kier molecular flexibility index (Phi) is 3.18. The first-order chi connectivity index (χ1) is 8.22. The van der Waals surface area contributed by atoms with Gasteiger partial charge in [0.25, 0.3) is 0 Å². The van der Waals surface area contributed by atoms with E-state index in [2.05, 4.69) is 15.5 Å². The summed E-state index contributed by atoms with van der Waals surface area (Å²) < 4.78 is 1.86. The van der Waals surface area contributed by atoms with Crippen molar-refractivity contribution in [2.45, 2.75) is 19.9 Å². The van der Waals surface area contributed by atoms with Crippen LogP contribution < -0.4 is 5.32 Å². The highest BCUT2D eigenvalue weighted by Gasteiger charge is 2.13. The standard InChI is InChI=1S/C12H14N4O/c1-3-6-11(17)13-9(2)12-15-14-10-7-4-5-8-16(10)12/h3-9H,1-2H3,(H,13,17). The Morgan fingerprint density at radius 3 is 3.06 bits per heavy atom. The number of nitrogens with one attached hydrogen (secondary N) is 1. The number of carbonyl (C=O) groups is 1. The van der Waals surface area contributed by atoms with Crippen LogP contribution in [0.3, 0.4) is 0 Å². The van der Waals surface area contributed by atoms with Gasteiger partial charge in [0.1, 0.15) is 0 Å². The molecule has 17 heavy (non-hydrogen) atoms. The first kappa shape index (κ1) is 11.3. The van der Waals surface area contributed by atoms with Gasteiger partial charge in [-0.25, -0.2) is 0 Å². The summed E-state index contributed by atoms with van der Waals surface area (Å²) in [5, 5.41) is 10.9. The van der Waals surface area contributed by atoms with E-state index < -0.39 is 0 Å². The molecule has 5 nitrogen and oxygen atoms in total. The fraction of sp³-hybridized carbons (Fsp3) is 0.250. The average molecular weight is 230 g/mol. The third kappa shape index (κ3) is 2.33. The lowest BCUT2D eigenvalue weighted by molar-refractivity contribution is -0.117. The average Bonchev–Trinajstić information content (AvgIpc) is 2.72. The summed E-state index contributed by atoms with van der Waals surface area (Å²) in [7, 11) is 0. The van der Waals surface area contributed by atoms with Crippen molar-refractivity contribution < 1.29 is 4.79 Å². The summed E-state index contributed by atoms with van der Waals surface area (Å²) in [6, 6.07) is 5.49. The van der Waals surface area contributed by atoms with Crippen molar-refractivity contribution in [3.8, 4) is 0 Å². The van der Waals surface area contributed by atoms with Crippen molar-refractivity contribution in [1.82, 2.24) is 19.9 Å². The van der Waals surface area contributed by atoms with Crippen LogP contribution in [0.25, 0.3) is 5.65 Å². The van der Waals surface area contributed by atoms with Crippen LogP contribution in [0.1, 0.15) is 25.7 Å². The largest absolute Gasteiger partial charge is 0.343 e. The molecule has 2 rings (SSSR count). The minimum absolute atomic E-state index is 0.132. The lowest BCUT2D eigenvalue weighted by atomic mass is 10.3. The molecule has 5 heteroatoms. The van der Waals surface area contributed by atoms with Crippen molar-refractivity contribution in [2.24, 2.45) is 0 Å². The molecule has 0 saturated carbocycles. The summed E-state index contributed by atoms with van der Waals surface area (Å²) in [6.07, 6.45) is 5.06. The van der Waals surface area contributed by atoms with E-state index in [1.807, 2.05) is 35.7 Å².